The molecule has 7 aromatic rings. The van der Waals surface area contributed by atoms with E-state index in [0.29, 0.717) is 11.4 Å². The Balaban J connectivity index is 1.30. The van der Waals surface area contributed by atoms with E-state index in [4.69, 9.17) is 9.97 Å². The molecule has 0 aliphatic carbocycles. The number of hydrogen-bond acceptors (Lipinski definition) is 4. The van der Waals surface area contributed by atoms with E-state index in [1.54, 1.807) is 11.8 Å². The van der Waals surface area contributed by atoms with Gasteiger partial charge in [0.1, 0.15) is 0 Å². The van der Waals surface area contributed by atoms with Gasteiger partial charge in [-0.15, -0.1) is 0 Å². The largest absolute Gasteiger partial charge is 0.228 e. The van der Waals surface area contributed by atoms with E-state index in [-0.39, 0.29) is 5.41 Å². The van der Waals surface area contributed by atoms with Crippen molar-refractivity contribution >= 4 is 22.5 Å². The molecule has 0 spiro atoms. The number of fused-ring (bicyclic) bond motifs is 3. The minimum atomic E-state index is -0.259. The molecule has 1 aliphatic heterocycles. The lowest BCUT2D eigenvalue weighted by Crippen LogP contribution is -2.24. The van der Waals surface area contributed by atoms with Crippen molar-refractivity contribution in [2.24, 2.45) is 0 Å². The van der Waals surface area contributed by atoms with Gasteiger partial charge < -0.3 is 0 Å². The van der Waals surface area contributed by atoms with Gasteiger partial charge in [-0.2, -0.15) is 5.26 Å². The summed E-state index contributed by atoms with van der Waals surface area (Å²) in [7, 11) is 0. The first kappa shape index (κ1) is 28.0. The van der Waals surface area contributed by atoms with Crippen molar-refractivity contribution in [3.05, 3.63) is 156 Å². The highest BCUT2D eigenvalue weighted by molar-refractivity contribution is 7.99. The van der Waals surface area contributed by atoms with Gasteiger partial charge in [0.05, 0.1) is 23.0 Å². The fourth-order valence-corrected chi connectivity index (χ4v) is 7.92. The van der Waals surface area contributed by atoms with Crippen molar-refractivity contribution < 1.29 is 0 Å². The molecule has 0 atom stereocenters. The summed E-state index contributed by atoms with van der Waals surface area (Å²) >= 11 is 1.78. The van der Waals surface area contributed by atoms with Crippen LogP contribution in [-0.4, -0.2) is 9.97 Å². The maximum absolute atomic E-state index is 9.61. The van der Waals surface area contributed by atoms with E-state index in [2.05, 4.69) is 129 Å². The Hall–Kier alpha value is -5.50. The summed E-state index contributed by atoms with van der Waals surface area (Å²) in [5, 5.41) is 11.9. The fourth-order valence-electron chi connectivity index (χ4n) is 6.56. The Morgan fingerprint density at radius 1 is 0.565 bits per heavy atom. The molecular formula is C42H29N3S. The molecule has 0 unspecified atom stereocenters. The molecule has 3 nitrogen and oxygen atoms in total. The summed E-state index contributed by atoms with van der Waals surface area (Å²) in [6.45, 7) is 4.52. The van der Waals surface area contributed by atoms with Gasteiger partial charge in [-0.25, -0.2) is 9.97 Å². The summed E-state index contributed by atoms with van der Waals surface area (Å²) in [6.07, 6.45) is 0. The van der Waals surface area contributed by atoms with Crippen molar-refractivity contribution in [3.8, 4) is 51.1 Å². The maximum atomic E-state index is 9.61. The topological polar surface area (TPSA) is 49.6 Å². The van der Waals surface area contributed by atoms with Gasteiger partial charge in [0.2, 0.25) is 0 Å². The average Bonchev–Trinajstić information content (AvgIpc) is 3.11. The third-order valence-electron chi connectivity index (χ3n) is 8.99. The normalized spacial score (nSPS) is 13.1. The lowest BCUT2D eigenvalue weighted by Gasteiger charge is -2.35. The molecule has 1 aliphatic rings. The van der Waals surface area contributed by atoms with Crippen LogP contribution in [-0.2, 0) is 5.41 Å². The molecule has 0 amide bonds. The van der Waals surface area contributed by atoms with E-state index >= 15 is 0 Å². The fraction of sp³-hybridized carbons (Fsp3) is 0.0714. The van der Waals surface area contributed by atoms with Crippen LogP contribution < -0.4 is 0 Å². The van der Waals surface area contributed by atoms with Crippen LogP contribution in [0.25, 0.3) is 55.8 Å². The monoisotopic (exact) mass is 607 g/mol. The molecule has 0 radical (unpaired) electrons. The van der Waals surface area contributed by atoms with Crippen molar-refractivity contribution in [1.29, 1.82) is 5.26 Å². The molecule has 1 aromatic heterocycles. The average molecular weight is 608 g/mol. The van der Waals surface area contributed by atoms with Gasteiger partial charge in [-0.3, -0.25) is 0 Å². The highest BCUT2D eigenvalue weighted by Gasteiger charge is 2.33. The van der Waals surface area contributed by atoms with E-state index < -0.39 is 0 Å². The molecule has 6 aromatic carbocycles. The van der Waals surface area contributed by atoms with Crippen LogP contribution in [0.4, 0.5) is 0 Å². The minimum absolute atomic E-state index is 0.259. The van der Waals surface area contributed by atoms with Gasteiger partial charge >= 0.3 is 0 Å². The molecule has 0 N–H and O–H groups in total. The van der Waals surface area contributed by atoms with E-state index in [9.17, 15) is 5.26 Å². The van der Waals surface area contributed by atoms with Crippen molar-refractivity contribution in [3.63, 3.8) is 0 Å². The number of hydrogen-bond donors (Lipinski definition) is 0. The van der Waals surface area contributed by atoms with Crippen LogP contribution in [0.2, 0.25) is 0 Å². The first-order valence-electron chi connectivity index (χ1n) is 15.4. The van der Waals surface area contributed by atoms with E-state index in [1.807, 2.05) is 30.3 Å². The molecule has 218 valence electrons. The van der Waals surface area contributed by atoms with Gasteiger partial charge in [0, 0.05) is 31.9 Å². The lowest BCUT2D eigenvalue weighted by atomic mass is 9.76. The van der Waals surface area contributed by atoms with Gasteiger partial charge in [0.25, 0.3) is 0 Å². The smallest absolute Gasteiger partial charge is 0.160 e. The minimum Gasteiger partial charge on any atom is -0.228 e. The molecule has 0 fully saturated rings. The second-order valence-electron chi connectivity index (χ2n) is 12.2. The van der Waals surface area contributed by atoms with Crippen molar-refractivity contribution in [2.75, 3.05) is 0 Å². The second-order valence-corrected chi connectivity index (χ2v) is 13.2. The van der Waals surface area contributed by atoms with Crippen LogP contribution in [0.3, 0.4) is 0 Å². The van der Waals surface area contributed by atoms with Gasteiger partial charge in [-0.1, -0.05) is 129 Å². The molecule has 0 saturated heterocycles. The third-order valence-corrected chi connectivity index (χ3v) is 10.1. The summed E-state index contributed by atoms with van der Waals surface area (Å²) in [5.74, 6) is 0.698. The molecule has 8 rings (SSSR count). The summed E-state index contributed by atoms with van der Waals surface area (Å²) in [5.41, 5.74) is 10.0. The lowest BCUT2D eigenvalue weighted by molar-refractivity contribution is 0.607. The Labute approximate surface area is 273 Å². The standard InChI is InChI=1S/C42H29N3S/c1-42(2)35-23-27(26-43)19-21-39(35)46-40-22-20-30(24-36(40)42)32-16-8-9-17-33(32)37-25-38(45-41(44-37)29-12-4-3-5-13-29)34-18-10-14-28-11-6-7-15-31(28)34/h3-25H,1-2H3. The Morgan fingerprint density at radius 3 is 2.00 bits per heavy atom. The molecule has 2 heterocycles. The predicted octanol–water partition coefficient (Wildman–Crippen LogP) is 11.0. The van der Waals surface area contributed by atoms with Crippen LogP contribution in [0.15, 0.2) is 149 Å². The second kappa shape index (κ2) is 11.1. The van der Waals surface area contributed by atoms with Crippen LogP contribution in [0, 0.1) is 11.3 Å². The zero-order chi connectivity index (χ0) is 31.3. The first-order chi connectivity index (χ1) is 22.5. The Kier molecular flexibility index (Phi) is 6.78. The summed E-state index contributed by atoms with van der Waals surface area (Å²) in [6, 6.07) is 50.9. The number of rotatable bonds is 4. The maximum Gasteiger partial charge on any atom is 0.160 e. The SMILES string of the molecule is CC1(C)c2cc(C#N)ccc2Sc2ccc(-c3ccccc3-c3cc(-c4cccc5ccccc45)nc(-c4ccccc4)n3)cc21. The number of benzene rings is 6. The molecule has 0 saturated carbocycles. The summed E-state index contributed by atoms with van der Waals surface area (Å²) < 4.78 is 0. The molecule has 4 heteroatoms. The van der Waals surface area contributed by atoms with Gasteiger partial charge in [-0.05, 0) is 69.4 Å². The zero-order valence-corrected chi connectivity index (χ0v) is 26.3. The number of nitriles is 1. The Bertz CT molecular complexity index is 2330. The first-order valence-corrected chi connectivity index (χ1v) is 16.2. The molecular weight excluding hydrogens is 579 g/mol. The Morgan fingerprint density at radius 2 is 1.20 bits per heavy atom. The van der Waals surface area contributed by atoms with Crippen molar-refractivity contribution in [1.82, 2.24) is 9.97 Å². The predicted molar refractivity (Wildman–Crippen MR) is 189 cm³/mol. The van der Waals surface area contributed by atoms with Crippen LogP contribution in [0.1, 0.15) is 30.5 Å². The third kappa shape index (κ3) is 4.77. The van der Waals surface area contributed by atoms with Gasteiger partial charge in [0.15, 0.2) is 5.82 Å². The highest BCUT2D eigenvalue weighted by Crippen LogP contribution is 2.50. The van der Waals surface area contributed by atoms with E-state index in [1.165, 1.54) is 26.3 Å². The quantitative estimate of drug-likeness (QED) is 0.200. The van der Waals surface area contributed by atoms with Crippen LogP contribution >= 0.6 is 11.8 Å². The van der Waals surface area contributed by atoms with Crippen molar-refractivity contribution in [2.45, 2.75) is 29.1 Å². The number of aromatic nitrogens is 2. The number of nitrogens with zero attached hydrogens (tertiary/aromatic N) is 3. The highest BCUT2D eigenvalue weighted by atomic mass is 32.2. The summed E-state index contributed by atoms with van der Waals surface area (Å²) in [4.78, 5) is 12.8. The zero-order valence-electron chi connectivity index (χ0n) is 25.5. The molecule has 46 heavy (non-hydrogen) atoms. The molecule has 0 bridgehead atoms. The van der Waals surface area contributed by atoms with Crippen LogP contribution in [0.5, 0.6) is 0 Å². The van der Waals surface area contributed by atoms with E-state index in [0.717, 1.165) is 44.6 Å².